The molecule has 0 atom stereocenters. The van der Waals surface area contributed by atoms with E-state index in [2.05, 4.69) is 18.2 Å². The zero-order valence-electron chi connectivity index (χ0n) is 11.4. The first-order valence-corrected chi connectivity index (χ1v) is 7.36. The van der Waals surface area contributed by atoms with Crippen LogP contribution >= 0.6 is 0 Å². The zero-order chi connectivity index (χ0) is 13.2. The van der Waals surface area contributed by atoms with Gasteiger partial charge in [-0.1, -0.05) is 18.2 Å². The van der Waals surface area contributed by atoms with E-state index in [0.29, 0.717) is 6.42 Å². The number of fused-ring (bicyclic) bond motifs is 1. The number of amides is 1. The van der Waals surface area contributed by atoms with Crippen molar-refractivity contribution in [1.82, 2.24) is 4.90 Å². The van der Waals surface area contributed by atoms with Crippen LogP contribution < -0.4 is 5.73 Å². The van der Waals surface area contributed by atoms with Crippen LogP contribution in [0, 0.1) is 0 Å². The summed E-state index contributed by atoms with van der Waals surface area (Å²) in [5.41, 5.74) is 9.96. The molecular formula is C16H22N2O. The lowest BCUT2D eigenvalue weighted by molar-refractivity contribution is -0.131. The highest BCUT2D eigenvalue weighted by molar-refractivity contribution is 5.79. The van der Waals surface area contributed by atoms with E-state index in [-0.39, 0.29) is 11.9 Å². The lowest BCUT2D eigenvalue weighted by Gasteiger charge is -2.30. The number of hydrogen-bond acceptors (Lipinski definition) is 2. The van der Waals surface area contributed by atoms with Crippen LogP contribution in [0.2, 0.25) is 0 Å². The van der Waals surface area contributed by atoms with Crippen molar-refractivity contribution in [3.05, 3.63) is 34.9 Å². The molecule has 2 N–H and O–H groups in total. The standard InChI is InChI=1S/C16H22N2O/c17-15-6-8-18(9-7-15)16(19)11-12-4-5-13-2-1-3-14(13)10-12/h4-5,10,15H,1-3,6-9,11,17H2. The monoisotopic (exact) mass is 258 g/mol. The Morgan fingerprint density at radius 3 is 2.74 bits per heavy atom. The normalized spacial score (nSPS) is 19.5. The second-order valence-electron chi connectivity index (χ2n) is 5.85. The molecule has 1 aliphatic carbocycles. The van der Waals surface area contributed by atoms with Gasteiger partial charge >= 0.3 is 0 Å². The molecule has 0 bridgehead atoms. The van der Waals surface area contributed by atoms with E-state index in [9.17, 15) is 4.79 Å². The quantitative estimate of drug-likeness (QED) is 0.877. The first-order valence-electron chi connectivity index (χ1n) is 7.36. The van der Waals surface area contributed by atoms with Crippen LogP contribution in [0.25, 0.3) is 0 Å². The topological polar surface area (TPSA) is 46.3 Å². The van der Waals surface area contributed by atoms with E-state index in [0.717, 1.165) is 25.9 Å². The van der Waals surface area contributed by atoms with Gasteiger partial charge in [-0.05, 0) is 48.8 Å². The van der Waals surface area contributed by atoms with Crippen LogP contribution in [0.4, 0.5) is 0 Å². The van der Waals surface area contributed by atoms with Gasteiger partial charge in [0, 0.05) is 19.1 Å². The molecule has 1 aromatic rings. The van der Waals surface area contributed by atoms with Crippen molar-refractivity contribution < 1.29 is 4.79 Å². The Labute approximate surface area is 114 Å². The van der Waals surface area contributed by atoms with Crippen LogP contribution in [0.15, 0.2) is 18.2 Å². The molecule has 1 aliphatic heterocycles. The number of aryl methyl sites for hydroxylation is 2. The van der Waals surface area contributed by atoms with Crippen LogP contribution in [0.1, 0.15) is 36.0 Å². The highest BCUT2D eigenvalue weighted by atomic mass is 16.2. The van der Waals surface area contributed by atoms with Gasteiger partial charge in [0.25, 0.3) is 0 Å². The van der Waals surface area contributed by atoms with Crippen molar-refractivity contribution in [3.8, 4) is 0 Å². The van der Waals surface area contributed by atoms with E-state index >= 15 is 0 Å². The molecule has 3 heteroatoms. The van der Waals surface area contributed by atoms with Gasteiger partial charge in [0.1, 0.15) is 0 Å². The average Bonchev–Trinajstić information content (AvgIpc) is 2.87. The number of carbonyl (C=O) groups is 1. The summed E-state index contributed by atoms with van der Waals surface area (Å²) in [5.74, 6) is 0.254. The van der Waals surface area contributed by atoms with Crippen molar-refractivity contribution in [2.24, 2.45) is 5.73 Å². The lowest BCUT2D eigenvalue weighted by Crippen LogP contribution is -2.43. The minimum Gasteiger partial charge on any atom is -0.342 e. The van der Waals surface area contributed by atoms with Gasteiger partial charge in [-0.3, -0.25) is 4.79 Å². The third-order valence-corrected chi connectivity index (χ3v) is 4.41. The van der Waals surface area contributed by atoms with Gasteiger partial charge in [0.2, 0.25) is 5.91 Å². The summed E-state index contributed by atoms with van der Waals surface area (Å²) < 4.78 is 0. The number of nitrogens with two attached hydrogens (primary N) is 1. The molecule has 1 saturated heterocycles. The Kier molecular flexibility index (Phi) is 3.56. The largest absolute Gasteiger partial charge is 0.342 e. The van der Waals surface area contributed by atoms with Crippen LogP contribution in [0.5, 0.6) is 0 Å². The third kappa shape index (κ3) is 2.81. The van der Waals surface area contributed by atoms with Crippen molar-refractivity contribution in [3.63, 3.8) is 0 Å². The van der Waals surface area contributed by atoms with Crippen molar-refractivity contribution in [2.75, 3.05) is 13.1 Å². The molecule has 1 amide bonds. The van der Waals surface area contributed by atoms with Gasteiger partial charge in [-0.2, -0.15) is 0 Å². The number of nitrogens with zero attached hydrogens (tertiary/aromatic N) is 1. The minimum atomic E-state index is 0.254. The predicted molar refractivity (Wildman–Crippen MR) is 76.0 cm³/mol. The van der Waals surface area contributed by atoms with E-state index < -0.39 is 0 Å². The molecule has 19 heavy (non-hydrogen) atoms. The number of hydrogen-bond donors (Lipinski definition) is 1. The number of rotatable bonds is 2. The summed E-state index contributed by atoms with van der Waals surface area (Å²) >= 11 is 0. The first-order chi connectivity index (χ1) is 9.22. The molecule has 0 spiro atoms. The smallest absolute Gasteiger partial charge is 0.226 e. The van der Waals surface area contributed by atoms with Gasteiger partial charge in [-0.25, -0.2) is 0 Å². The average molecular weight is 258 g/mol. The summed E-state index contributed by atoms with van der Waals surface area (Å²) in [5, 5.41) is 0. The van der Waals surface area contributed by atoms with Crippen LogP contribution in [-0.2, 0) is 24.1 Å². The Balaban J connectivity index is 1.63. The zero-order valence-corrected chi connectivity index (χ0v) is 11.4. The van der Waals surface area contributed by atoms with E-state index in [1.165, 1.54) is 36.0 Å². The summed E-state index contributed by atoms with van der Waals surface area (Å²) in [7, 11) is 0. The first kappa shape index (κ1) is 12.7. The maximum Gasteiger partial charge on any atom is 0.226 e. The van der Waals surface area contributed by atoms with Crippen molar-refractivity contribution in [2.45, 2.75) is 44.6 Å². The second kappa shape index (κ2) is 5.33. The van der Waals surface area contributed by atoms with Gasteiger partial charge in [0.15, 0.2) is 0 Å². The van der Waals surface area contributed by atoms with Gasteiger partial charge in [-0.15, -0.1) is 0 Å². The Morgan fingerprint density at radius 2 is 1.95 bits per heavy atom. The molecule has 1 fully saturated rings. The summed E-state index contributed by atoms with van der Waals surface area (Å²) in [6.07, 6.45) is 6.06. The van der Waals surface area contributed by atoms with Crippen molar-refractivity contribution in [1.29, 1.82) is 0 Å². The molecular weight excluding hydrogens is 236 g/mol. The lowest BCUT2D eigenvalue weighted by atomic mass is 10.0. The molecule has 3 rings (SSSR count). The van der Waals surface area contributed by atoms with Crippen LogP contribution in [0.3, 0.4) is 0 Å². The maximum atomic E-state index is 12.3. The molecule has 102 valence electrons. The number of piperidine rings is 1. The Bertz CT molecular complexity index is 476. The summed E-state index contributed by atoms with van der Waals surface area (Å²) in [6.45, 7) is 1.65. The fourth-order valence-electron chi connectivity index (χ4n) is 3.17. The molecule has 2 aliphatic rings. The van der Waals surface area contributed by atoms with Gasteiger partial charge < -0.3 is 10.6 Å². The van der Waals surface area contributed by atoms with E-state index in [1.54, 1.807) is 0 Å². The number of likely N-dealkylation sites (tertiary alicyclic amines) is 1. The van der Waals surface area contributed by atoms with E-state index in [4.69, 9.17) is 5.73 Å². The third-order valence-electron chi connectivity index (χ3n) is 4.41. The highest BCUT2D eigenvalue weighted by Gasteiger charge is 2.21. The molecule has 3 nitrogen and oxygen atoms in total. The minimum absolute atomic E-state index is 0.254. The molecule has 0 saturated carbocycles. The molecule has 0 aromatic heterocycles. The Morgan fingerprint density at radius 1 is 1.21 bits per heavy atom. The molecule has 1 aromatic carbocycles. The molecule has 1 heterocycles. The molecule has 0 radical (unpaired) electrons. The number of carbonyl (C=O) groups excluding carboxylic acids is 1. The van der Waals surface area contributed by atoms with Crippen LogP contribution in [-0.4, -0.2) is 29.9 Å². The Hall–Kier alpha value is -1.35. The predicted octanol–water partition coefficient (Wildman–Crippen LogP) is 1.67. The SMILES string of the molecule is NC1CCN(C(=O)Cc2ccc3c(c2)CCC3)CC1. The van der Waals surface area contributed by atoms with E-state index in [1.807, 2.05) is 4.90 Å². The highest BCUT2D eigenvalue weighted by Crippen LogP contribution is 2.23. The maximum absolute atomic E-state index is 12.3. The second-order valence-corrected chi connectivity index (χ2v) is 5.85. The summed E-state index contributed by atoms with van der Waals surface area (Å²) in [4.78, 5) is 14.2. The number of benzene rings is 1. The fraction of sp³-hybridized carbons (Fsp3) is 0.562. The fourth-order valence-corrected chi connectivity index (χ4v) is 3.17. The molecule has 0 unspecified atom stereocenters. The summed E-state index contributed by atoms with van der Waals surface area (Å²) in [6, 6.07) is 6.84. The van der Waals surface area contributed by atoms with Gasteiger partial charge in [0.05, 0.1) is 6.42 Å². The van der Waals surface area contributed by atoms with Crippen molar-refractivity contribution >= 4 is 5.91 Å².